The summed E-state index contributed by atoms with van der Waals surface area (Å²) >= 11 is 0. The van der Waals surface area contributed by atoms with Gasteiger partial charge in [-0.2, -0.15) is 0 Å². The van der Waals surface area contributed by atoms with Gasteiger partial charge in [0.15, 0.2) is 0 Å². The van der Waals surface area contributed by atoms with Crippen LogP contribution in [-0.4, -0.2) is 16.0 Å². The topological polar surface area (TPSA) is 37.8 Å². The van der Waals surface area contributed by atoms with Crippen LogP contribution < -0.4 is 5.32 Å². The summed E-state index contributed by atoms with van der Waals surface area (Å²) in [4.78, 5) is 8.47. The lowest BCUT2D eigenvalue weighted by Crippen LogP contribution is -2.16. The number of hydrogen-bond acceptors (Lipinski definition) is 3. The predicted molar refractivity (Wildman–Crippen MR) is 58.0 cm³/mol. The van der Waals surface area contributed by atoms with Gasteiger partial charge >= 0.3 is 0 Å². The molecule has 1 aromatic heterocycles. The molecule has 1 rings (SSSR count). The maximum absolute atomic E-state index is 5.21. The molecule has 1 N–H and O–H groups in total. The largest absolute Gasteiger partial charge is 0.351 e. The van der Waals surface area contributed by atoms with Crippen LogP contribution in [0.15, 0.2) is 6.20 Å². The van der Waals surface area contributed by atoms with E-state index in [2.05, 4.69) is 21.2 Å². The summed E-state index contributed by atoms with van der Waals surface area (Å²) < 4.78 is 0. The second kappa shape index (κ2) is 4.61. The van der Waals surface area contributed by atoms with Gasteiger partial charge in [0.05, 0.1) is 0 Å². The van der Waals surface area contributed by atoms with Gasteiger partial charge in [0, 0.05) is 24.4 Å². The van der Waals surface area contributed by atoms with E-state index in [-0.39, 0.29) is 6.04 Å². The van der Waals surface area contributed by atoms with Crippen LogP contribution >= 0.6 is 0 Å². The van der Waals surface area contributed by atoms with Gasteiger partial charge in [-0.25, -0.2) is 9.97 Å². The molecular formula is C11H15N3. The lowest BCUT2D eigenvalue weighted by Gasteiger charge is -2.11. The lowest BCUT2D eigenvalue weighted by atomic mass is 10.2. The van der Waals surface area contributed by atoms with E-state index in [9.17, 15) is 0 Å². The van der Waals surface area contributed by atoms with Crippen LogP contribution in [0.1, 0.15) is 24.6 Å². The minimum atomic E-state index is 0.210. The molecule has 3 heteroatoms. The first-order valence-corrected chi connectivity index (χ1v) is 4.63. The quantitative estimate of drug-likeness (QED) is 0.738. The lowest BCUT2D eigenvalue weighted by molar-refractivity contribution is 0.808. The van der Waals surface area contributed by atoms with Gasteiger partial charge in [-0.1, -0.05) is 0 Å². The Hall–Kier alpha value is -1.56. The van der Waals surface area contributed by atoms with Gasteiger partial charge in [0.25, 0.3) is 0 Å². The average Bonchev–Trinajstić information content (AvgIpc) is 2.12. The number of terminal acetylenes is 1. The summed E-state index contributed by atoms with van der Waals surface area (Å²) in [6, 6.07) is 0.210. The molecule has 1 heterocycles. The number of nitrogens with one attached hydrogen (secondary N) is 1. The second-order valence-corrected chi connectivity index (χ2v) is 3.42. The smallest absolute Gasteiger partial charge is 0.223 e. The molecule has 1 atom stereocenters. The number of hydrogen-bond donors (Lipinski definition) is 1. The van der Waals surface area contributed by atoms with E-state index >= 15 is 0 Å². The fraction of sp³-hybridized carbons (Fsp3) is 0.455. The second-order valence-electron chi connectivity index (χ2n) is 3.42. The van der Waals surface area contributed by atoms with E-state index in [0.717, 1.165) is 11.3 Å². The number of anilines is 1. The number of nitrogens with zero attached hydrogens (tertiary/aromatic N) is 2. The Balaban J connectivity index is 2.69. The van der Waals surface area contributed by atoms with Crippen molar-refractivity contribution < 1.29 is 0 Å². The third kappa shape index (κ3) is 2.74. The molecule has 0 aliphatic heterocycles. The zero-order chi connectivity index (χ0) is 10.6. The molecule has 0 radical (unpaired) electrons. The van der Waals surface area contributed by atoms with Crippen molar-refractivity contribution in [3.63, 3.8) is 0 Å². The molecule has 1 aromatic rings. The molecule has 74 valence electrons. The molecule has 3 nitrogen and oxygen atoms in total. The molecule has 14 heavy (non-hydrogen) atoms. The van der Waals surface area contributed by atoms with Crippen molar-refractivity contribution in [1.29, 1.82) is 0 Å². The molecule has 0 bridgehead atoms. The first kappa shape index (κ1) is 10.5. The minimum absolute atomic E-state index is 0.210. The Labute approximate surface area is 85.0 Å². The van der Waals surface area contributed by atoms with Crippen LogP contribution in [0.2, 0.25) is 0 Å². The summed E-state index contributed by atoms with van der Waals surface area (Å²) in [5.41, 5.74) is 2.09. The first-order valence-electron chi connectivity index (χ1n) is 4.63. The van der Waals surface area contributed by atoms with E-state index in [1.807, 2.05) is 27.0 Å². The third-order valence-corrected chi connectivity index (χ3v) is 2.02. The Morgan fingerprint density at radius 3 is 2.86 bits per heavy atom. The van der Waals surface area contributed by atoms with Crippen LogP contribution in [0.25, 0.3) is 0 Å². The molecule has 0 fully saturated rings. The van der Waals surface area contributed by atoms with Crippen molar-refractivity contribution in [1.82, 2.24) is 9.97 Å². The van der Waals surface area contributed by atoms with Crippen LogP contribution in [0, 0.1) is 26.2 Å². The highest BCUT2D eigenvalue weighted by Gasteiger charge is 2.03. The van der Waals surface area contributed by atoms with Crippen molar-refractivity contribution in [2.75, 3.05) is 5.32 Å². The molecule has 0 spiro atoms. The molecule has 0 saturated carbocycles. The molecular weight excluding hydrogens is 174 g/mol. The normalized spacial score (nSPS) is 11.9. The van der Waals surface area contributed by atoms with E-state index in [4.69, 9.17) is 6.42 Å². The Morgan fingerprint density at radius 2 is 2.29 bits per heavy atom. The SMILES string of the molecule is C#CCC(C)Nc1ncc(C)c(C)n1. The standard InChI is InChI=1S/C11H15N3/c1-5-6-9(3)13-11-12-7-8(2)10(4)14-11/h1,7,9H,6H2,2-4H3,(H,12,13,14). The summed E-state index contributed by atoms with van der Waals surface area (Å²) in [7, 11) is 0. The number of rotatable bonds is 3. The number of aromatic nitrogens is 2. The zero-order valence-corrected chi connectivity index (χ0v) is 8.83. The van der Waals surface area contributed by atoms with Crippen molar-refractivity contribution in [3.8, 4) is 12.3 Å². The first-order chi connectivity index (χ1) is 6.63. The van der Waals surface area contributed by atoms with Crippen molar-refractivity contribution in [2.24, 2.45) is 0 Å². The highest BCUT2D eigenvalue weighted by Crippen LogP contribution is 2.06. The highest BCUT2D eigenvalue weighted by atomic mass is 15.1. The molecule has 0 aliphatic carbocycles. The van der Waals surface area contributed by atoms with E-state index in [1.165, 1.54) is 0 Å². The Morgan fingerprint density at radius 1 is 1.57 bits per heavy atom. The number of aryl methyl sites for hydroxylation is 2. The summed E-state index contributed by atoms with van der Waals surface area (Å²) in [5.74, 6) is 3.24. The maximum Gasteiger partial charge on any atom is 0.223 e. The molecule has 0 amide bonds. The van der Waals surface area contributed by atoms with E-state index in [1.54, 1.807) is 0 Å². The van der Waals surface area contributed by atoms with Gasteiger partial charge in [-0.15, -0.1) is 12.3 Å². The minimum Gasteiger partial charge on any atom is -0.351 e. The van der Waals surface area contributed by atoms with E-state index < -0.39 is 0 Å². The molecule has 1 unspecified atom stereocenters. The Bertz CT molecular complexity index is 352. The van der Waals surface area contributed by atoms with Crippen LogP contribution in [0.3, 0.4) is 0 Å². The van der Waals surface area contributed by atoms with Crippen LogP contribution in [0.4, 0.5) is 5.95 Å². The fourth-order valence-electron chi connectivity index (χ4n) is 1.05. The van der Waals surface area contributed by atoms with Crippen molar-refractivity contribution >= 4 is 5.95 Å². The molecule has 0 saturated heterocycles. The summed E-state index contributed by atoms with van der Waals surface area (Å²) in [6.45, 7) is 5.97. The zero-order valence-electron chi connectivity index (χ0n) is 8.83. The average molecular weight is 189 g/mol. The van der Waals surface area contributed by atoms with Gasteiger partial charge < -0.3 is 5.32 Å². The third-order valence-electron chi connectivity index (χ3n) is 2.02. The van der Waals surface area contributed by atoms with Gasteiger partial charge in [-0.3, -0.25) is 0 Å². The molecule has 0 aromatic carbocycles. The monoisotopic (exact) mass is 189 g/mol. The molecule has 0 aliphatic rings. The van der Waals surface area contributed by atoms with Gasteiger partial charge in [0.1, 0.15) is 0 Å². The van der Waals surface area contributed by atoms with E-state index in [0.29, 0.717) is 12.4 Å². The van der Waals surface area contributed by atoms with Gasteiger partial charge in [0.2, 0.25) is 5.95 Å². The predicted octanol–water partition coefficient (Wildman–Crippen LogP) is 1.92. The fourth-order valence-corrected chi connectivity index (χ4v) is 1.05. The van der Waals surface area contributed by atoms with Crippen LogP contribution in [0.5, 0.6) is 0 Å². The van der Waals surface area contributed by atoms with Crippen LogP contribution in [-0.2, 0) is 0 Å². The van der Waals surface area contributed by atoms with Gasteiger partial charge in [-0.05, 0) is 26.3 Å². The van der Waals surface area contributed by atoms with Crippen molar-refractivity contribution in [2.45, 2.75) is 33.2 Å². The maximum atomic E-state index is 5.21. The van der Waals surface area contributed by atoms with Crippen molar-refractivity contribution in [3.05, 3.63) is 17.5 Å². The Kier molecular flexibility index (Phi) is 3.47. The summed E-state index contributed by atoms with van der Waals surface area (Å²) in [5, 5.41) is 3.15. The highest BCUT2D eigenvalue weighted by molar-refractivity contribution is 5.29. The summed E-state index contributed by atoms with van der Waals surface area (Å²) in [6.07, 6.45) is 7.70.